The van der Waals surface area contributed by atoms with Gasteiger partial charge in [-0.25, -0.2) is 14.6 Å². The summed E-state index contributed by atoms with van der Waals surface area (Å²) in [5, 5.41) is 25.8. The standard InChI is InChI=1S/C25H32N4O7S2/c1-25(2,3)36-24(35)28-23-26-16(12-38-23)15(9-8-13-6-4-5-7-13)19(31)27-17-20(32)29-18(22(33)34)14(10-30)11-37-21(17)29/h9,12-13,17,21,30H,4-8,10-11H2,1-3H3,(H,27,31)(H,33,34)(H,26,28,35)/b15-9-/t17-,21+/m1/s1. The lowest BCUT2D eigenvalue weighted by molar-refractivity contribution is -0.150. The Balaban J connectivity index is 1.51. The van der Waals surface area contributed by atoms with Gasteiger partial charge in [0.1, 0.15) is 22.7 Å². The highest BCUT2D eigenvalue weighted by atomic mass is 32.2. The van der Waals surface area contributed by atoms with E-state index in [9.17, 15) is 29.4 Å². The lowest BCUT2D eigenvalue weighted by Gasteiger charge is -2.49. The third-order valence-electron chi connectivity index (χ3n) is 6.49. The van der Waals surface area contributed by atoms with Crippen molar-refractivity contribution in [2.45, 2.75) is 69.9 Å². The van der Waals surface area contributed by atoms with Gasteiger partial charge in [-0.2, -0.15) is 0 Å². The van der Waals surface area contributed by atoms with E-state index in [1.165, 1.54) is 11.8 Å². The molecule has 4 N–H and O–H groups in total. The first kappa shape index (κ1) is 28.1. The number of allylic oxidation sites excluding steroid dienone is 1. The van der Waals surface area contributed by atoms with E-state index in [-0.39, 0.29) is 22.2 Å². The molecule has 2 aliphatic heterocycles. The number of β-lactam (4-membered cyclic amide) rings is 1. The highest BCUT2D eigenvalue weighted by Gasteiger charge is 2.54. The number of amides is 3. The number of anilines is 1. The molecule has 13 heteroatoms. The number of aliphatic carboxylic acids is 1. The van der Waals surface area contributed by atoms with Gasteiger partial charge in [0.15, 0.2) is 5.13 Å². The van der Waals surface area contributed by atoms with Crippen LogP contribution in [0.15, 0.2) is 22.7 Å². The van der Waals surface area contributed by atoms with Crippen LogP contribution in [-0.2, 0) is 19.1 Å². The van der Waals surface area contributed by atoms with Gasteiger partial charge >= 0.3 is 12.1 Å². The maximum Gasteiger partial charge on any atom is 0.413 e. The van der Waals surface area contributed by atoms with Crippen molar-refractivity contribution in [1.29, 1.82) is 0 Å². The molecule has 3 aliphatic rings. The minimum Gasteiger partial charge on any atom is -0.477 e. The minimum absolute atomic E-state index is 0.221. The quantitative estimate of drug-likeness (QED) is 0.275. The van der Waals surface area contributed by atoms with E-state index in [1.54, 1.807) is 26.2 Å². The van der Waals surface area contributed by atoms with Crippen molar-refractivity contribution < 1.29 is 34.1 Å². The van der Waals surface area contributed by atoms with Crippen LogP contribution >= 0.6 is 23.1 Å². The van der Waals surface area contributed by atoms with Crippen molar-refractivity contribution >= 4 is 57.7 Å². The molecule has 0 bridgehead atoms. The van der Waals surface area contributed by atoms with E-state index in [4.69, 9.17) is 4.74 Å². The fourth-order valence-corrected chi connectivity index (χ4v) is 6.75. The summed E-state index contributed by atoms with van der Waals surface area (Å²) in [6, 6.07) is -0.907. The van der Waals surface area contributed by atoms with Crippen molar-refractivity contribution in [3.63, 3.8) is 0 Å². The number of carbonyl (C=O) groups excluding carboxylic acids is 3. The summed E-state index contributed by atoms with van der Waals surface area (Å²) in [7, 11) is 0. The van der Waals surface area contributed by atoms with Gasteiger partial charge in [-0.1, -0.05) is 31.8 Å². The van der Waals surface area contributed by atoms with E-state index >= 15 is 0 Å². The molecule has 1 aromatic heterocycles. The van der Waals surface area contributed by atoms with Crippen LogP contribution in [-0.4, -0.2) is 73.4 Å². The fourth-order valence-electron chi connectivity index (χ4n) is 4.71. The van der Waals surface area contributed by atoms with Crippen LogP contribution in [0, 0.1) is 5.92 Å². The number of carbonyl (C=O) groups is 4. The summed E-state index contributed by atoms with van der Waals surface area (Å²) in [6.07, 6.45) is 6.34. The molecule has 11 nitrogen and oxygen atoms in total. The van der Waals surface area contributed by atoms with Crippen molar-refractivity contribution in [2.75, 3.05) is 17.7 Å². The predicted molar refractivity (Wildman–Crippen MR) is 143 cm³/mol. The van der Waals surface area contributed by atoms with Crippen LogP contribution in [0.2, 0.25) is 0 Å². The van der Waals surface area contributed by atoms with Gasteiger partial charge in [0.25, 0.3) is 11.8 Å². The SMILES string of the molecule is CC(C)(C)OC(=O)Nc1nc(/C(=C/CC2CCCC2)C(=O)N[C@@H]2C(=O)N3C(C(=O)O)=C(CO)CS[C@@H]23)cs1. The second kappa shape index (κ2) is 11.5. The molecule has 2 fully saturated rings. The number of nitrogens with zero attached hydrogens (tertiary/aromatic N) is 2. The zero-order valence-corrected chi connectivity index (χ0v) is 23.1. The number of aliphatic hydroxyl groups excluding tert-OH is 1. The third-order valence-corrected chi connectivity index (χ3v) is 8.59. The summed E-state index contributed by atoms with van der Waals surface area (Å²) in [6.45, 7) is 4.80. The van der Waals surface area contributed by atoms with Crippen LogP contribution in [0.25, 0.3) is 5.57 Å². The molecule has 0 unspecified atom stereocenters. The van der Waals surface area contributed by atoms with Gasteiger partial charge in [0, 0.05) is 11.1 Å². The Labute approximate surface area is 228 Å². The molecule has 1 aromatic rings. The molecule has 0 spiro atoms. The van der Waals surface area contributed by atoms with Crippen molar-refractivity contribution in [3.8, 4) is 0 Å². The summed E-state index contributed by atoms with van der Waals surface area (Å²) in [5.41, 5.74) is 0.0277. The number of thioether (sulfide) groups is 1. The van der Waals surface area contributed by atoms with E-state index < -0.39 is 47.5 Å². The first-order valence-corrected chi connectivity index (χ1v) is 14.4. The molecule has 206 valence electrons. The number of carboxylic acids is 1. The van der Waals surface area contributed by atoms with E-state index in [2.05, 4.69) is 15.6 Å². The molecule has 0 aromatic carbocycles. The number of hydrogen-bond donors (Lipinski definition) is 4. The number of thiazole rings is 1. The Hall–Kier alpha value is -2.90. The Morgan fingerprint density at radius 3 is 2.61 bits per heavy atom. The summed E-state index contributed by atoms with van der Waals surface area (Å²) < 4.78 is 5.27. The van der Waals surface area contributed by atoms with Crippen LogP contribution in [0.3, 0.4) is 0 Å². The largest absolute Gasteiger partial charge is 0.477 e. The number of carboxylic acid groups (broad SMARTS) is 1. The maximum absolute atomic E-state index is 13.5. The molecular formula is C25H32N4O7S2. The van der Waals surface area contributed by atoms with Gasteiger partial charge in [0.05, 0.1) is 17.9 Å². The van der Waals surface area contributed by atoms with Crippen LogP contribution in [0.5, 0.6) is 0 Å². The Morgan fingerprint density at radius 1 is 1.26 bits per heavy atom. The summed E-state index contributed by atoms with van der Waals surface area (Å²) in [4.78, 5) is 55.8. The lowest BCUT2D eigenvalue weighted by atomic mass is 9.99. The Bertz CT molecular complexity index is 1180. The maximum atomic E-state index is 13.5. The Kier molecular flexibility index (Phi) is 8.48. The monoisotopic (exact) mass is 564 g/mol. The number of nitrogens with one attached hydrogen (secondary N) is 2. The van der Waals surface area contributed by atoms with Crippen LogP contribution in [0.4, 0.5) is 9.93 Å². The highest BCUT2D eigenvalue weighted by molar-refractivity contribution is 8.00. The zero-order chi connectivity index (χ0) is 27.6. The number of aromatic nitrogens is 1. The predicted octanol–water partition coefficient (Wildman–Crippen LogP) is 3.18. The smallest absolute Gasteiger partial charge is 0.413 e. The summed E-state index contributed by atoms with van der Waals surface area (Å²) >= 11 is 2.45. The van der Waals surface area contributed by atoms with Gasteiger partial charge in [0.2, 0.25) is 0 Å². The second-order valence-corrected chi connectivity index (χ2v) is 12.4. The molecule has 1 saturated heterocycles. The zero-order valence-electron chi connectivity index (χ0n) is 21.5. The van der Waals surface area contributed by atoms with Crippen molar-refractivity contribution in [3.05, 3.63) is 28.4 Å². The second-order valence-electron chi connectivity index (χ2n) is 10.4. The summed E-state index contributed by atoms with van der Waals surface area (Å²) in [5.74, 6) is -1.62. The Morgan fingerprint density at radius 2 is 1.97 bits per heavy atom. The van der Waals surface area contributed by atoms with Gasteiger partial charge in [-0.3, -0.25) is 19.8 Å². The first-order valence-electron chi connectivity index (χ1n) is 12.5. The minimum atomic E-state index is -1.29. The molecule has 2 atom stereocenters. The lowest BCUT2D eigenvalue weighted by Crippen LogP contribution is -2.70. The number of rotatable bonds is 8. The molecule has 38 heavy (non-hydrogen) atoms. The van der Waals surface area contributed by atoms with E-state index in [0.29, 0.717) is 23.6 Å². The normalized spacial score (nSPS) is 22.2. The molecular weight excluding hydrogens is 532 g/mol. The van der Waals surface area contributed by atoms with E-state index in [1.807, 2.05) is 6.08 Å². The molecule has 3 heterocycles. The van der Waals surface area contributed by atoms with Gasteiger partial charge in [-0.15, -0.1) is 23.1 Å². The number of fused-ring (bicyclic) bond motifs is 1. The molecule has 3 amide bonds. The number of ether oxygens (including phenoxy) is 1. The van der Waals surface area contributed by atoms with Crippen molar-refractivity contribution in [2.24, 2.45) is 5.92 Å². The fraction of sp³-hybridized carbons (Fsp3) is 0.560. The first-order chi connectivity index (χ1) is 18.0. The van der Waals surface area contributed by atoms with Gasteiger partial charge in [-0.05, 0) is 38.7 Å². The van der Waals surface area contributed by atoms with Crippen molar-refractivity contribution in [1.82, 2.24) is 15.2 Å². The van der Waals surface area contributed by atoms with Gasteiger partial charge < -0.3 is 20.3 Å². The van der Waals surface area contributed by atoms with Crippen LogP contribution < -0.4 is 10.6 Å². The highest BCUT2D eigenvalue weighted by Crippen LogP contribution is 2.40. The average molecular weight is 565 g/mol. The van der Waals surface area contributed by atoms with E-state index in [0.717, 1.165) is 41.9 Å². The molecule has 4 rings (SSSR count). The topological polar surface area (TPSA) is 158 Å². The number of hydrogen-bond acceptors (Lipinski definition) is 9. The number of aliphatic hydroxyl groups is 1. The molecule has 1 saturated carbocycles. The molecule has 0 radical (unpaired) electrons. The van der Waals surface area contributed by atoms with Crippen LogP contribution in [0.1, 0.15) is 58.6 Å². The average Bonchev–Trinajstić information content (AvgIpc) is 3.52. The molecule has 1 aliphatic carbocycles. The third kappa shape index (κ3) is 6.21.